The first-order valence-electron chi connectivity index (χ1n) is 6.22. The van der Waals surface area contributed by atoms with Gasteiger partial charge < -0.3 is 5.32 Å². The first-order valence-corrected chi connectivity index (χ1v) is 8.02. The van der Waals surface area contributed by atoms with Crippen molar-refractivity contribution in [2.75, 3.05) is 5.75 Å². The normalized spacial score (nSPS) is 22.1. The summed E-state index contributed by atoms with van der Waals surface area (Å²) < 4.78 is 0. The molecule has 1 aromatic rings. The van der Waals surface area contributed by atoms with E-state index in [0.717, 1.165) is 11.6 Å². The lowest BCUT2D eigenvalue weighted by Crippen LogP contribution is -2.28. The molecule has 0 amide bonds. The van der Waals surface area contributed by atoms with Gasteiger partial charge in [-0.15, -0.1) is 11.3 Å². The van der Waals surface area contributed by atoms with Crippen molar-refractivity contribution in [2.24, 2.45) is 4.99 Å². The average Bonchev–Trinajstić information content (AvgIpc) is 2.76. The van der Waals surface area contributed by atoms with Gasteiger partial charge in [0.05, 0.1) is 12.1 Å². The molecule has 2 atom stereocenters. The van der Waals surface area contributed by atoms with Crippen LogP contribution in [0.25, 0.3) is 0 Å². The Hall–Kier alpha value is -0.480. The Morgan fingerprint density at radius 3 is 3.00 bits per heavy atom. The monoisotopic (exact) mass is 268 g/mol. The zero-order chi connectivity index (χ0) is 12.3. The van der Waals surface area contributed by atoms with Crippen molar-refractivity contribution in [1.82, 2.24) is 5.32 Å². The molecule has 0 spiro atoms. The first-order chi connectivity index (χ1) is 8.19. The van der Waals surface area contributed by atoms with Crippen LogP contribution in [-0.2, 0) is 0 Å². The van der Waals surface area contributed by atoms with E-state index in [0.29, 0.717) is 12.1 Å². The summed E-state index contributed by atoms with van der Waals surface area (Å²) in [6.07, 6.45) is 2.37. The lowest BCUT2D eigenvalue weighted by Gasteiger charge is -2.22. The molecule has 0 bridgehead atoms. The van der Waals surface area contributed by atoms with Crippen LogP contribution in [0.2, 0.25) is 0 Å². The molecule has 2 nitrogen and oxygen atoms in total. The van der Waals surface area contributed by atoms with E-state index in [9.17, 15) is 0 Å². The van der Waals surface area contributed by atoms with Crippen molar-refractivity contribution in [2.45, 2.75) is 45.7 Å². The highest BCUT2D eigenvalue weighted by Crippen LogP contribution is 2.25. The van der Waals surface area contributed by atoms with Gasteiger partial charge in [0.15, 0.2) is 5.17 Å². The van der Waals surface area contributed by atoms with E-state index in [1.807, 2.05) is 23.1 Å². The minimum atomic E-state index is 0.371. The second-order valence-electron chi connectivity index (χ2n) is 4.45. The van der Waals surface area contributed by atoms with Crippen LogP contribution >= 0.6 is 23.1 Å². The highest BCUT2D eigenvalue weighted by molar-refractivity contribution is 8.13. The van der Waals surface area contributed by atoms with Crippen molar-refractivity contribution in [1.29, 1.82) is 0 Å². The quantitative estimate of drug-likeness (QED) is 0.896. The topological polar surface area (TPSA) is 24.4 Å². The predicted molar refractivity (Wildman–Crippen MR) is 79.2 cm³/mol. The Kier molecular flexibility index (Phi) is 4.51. The number of aliphatic imine (C=N–C) groups is 1. The van der Waals surface area contributed by atoms with Crippen LogP contribution in [-0.4, -0.2) is 17.0 Å². The summed E-state index contributed by atoms with van der Waals surface area (Å²) in [4.78, 5) is 7.51. The van der Waals surface area contributed by atoms with Gasteiger partial charge in [-0.2, -0.15) is 0 Å². The van der Waals surface area contributed by atoms with Gasteiger partial charge in [-0.25, -0.2) is 0 Å². The number of thiophene rings is 1. The fourth-order valence-electron chi connectivity index (χ4n) is 1.88. The standard InChI is InChI=1S/C13H20N2S2/c1-4-11-7-8-16-13(15-11)14-10(3)12-6-5-9(2)17-12/h5-6,10-11H,4,7-8H2,1-3H3,(H,14,15). The molecule has 0 aliphatic carbocycles. The SMILES string of the molecule is CCC1CCSC(NC(C)c2ccc(C)s2)=N1. The summed E-state index contributed by atoms with van der Waals surface area (Å²) >= 11 is 3.72. The van der Waals surface area contributed by atoms with Crippen molar-refractivity contribution in [3.05, 3.63) is 21.9 Å². The van der Waals surface area contributed by atoms with E-state index < -0.39 is 0 Å². The number of aryl methyl sites for hydroxylation is 1. The van der Waals surface area contributed by atoms with Crippen molar-refractivity contribution >= 4 is 28.3 Å². The van der Waals surface area contributed by atoms with Crippen LogP contribution in [0.4, 0.5) is 0 Å². The van der Waals surface area contributed by atoms with Crippen LogP contribution in [0.15, 0.2) is 17.1 Å². The van der Waals surface area contributed by atoms with Crippen LogP contribution in [0.1, 0.15) is 42.5 Å². The minimum Gasteiger partial charge on any atom is -0.358 e. The van der Waals surface area contributed by atoms with Gasteiger partial charge in [0.2, 0.25) is 0 Å². The van der Waals surface area contributed by atoms with E-state index in [4.69, 9.17) is 4.99 Å². The Morgan fingerprint density at radius 1 is 1.53 bits per heavy atom. The summed E-state index contributed by atoms with van der Waals surface area (Å²) in [6.45, 7) is 6.58. The Labute approximate surface area is 112 Å². The van der Waals surface area contributed by atoms with Gasteiger partial charge in [-0.05, 0) is 38.8 Å². The number of thioether (sulfide) groups is 1. The zero-order valence-electron chi connectivity index (χ0n) is 10.7. The third kappa shape index (κ3) is 3.49. The number of rotatable bonds is 3. The Bertz CT molecular complexity index is 398. The second-order valence-corrected chi connectivity index (χ2v) is 6.85. The molecular weight excluding hydrogens is 248 g/mol. The lowest BCUT2D eigenvalue weighted by atomic mass is 10.2. The van der Waals surface area contributed by atoms with Crippen LogP contribution in [0.3, 0.4) is 0 Å². The molecule has 1 N–H and O–H groups in total. The first kappa shape index (κ1) is 13.0. The molecular formula is C13H20N2S2. The molecule has 2 heterocycles. The summed E-state index contributed by atoms with van der Waals surface area (Å²) in [5.41, 5.74) is 0. The van der Waals surface area contributed by atoms with Crippen LogP contribution < -0.4 is 5.32 Å². The third-order valence-electron chi connectivity index (χ3n) is 2.99. The number of hydrogen-bond donors (Lipinski definition) is 1. The number of amidine groups is 1. The third-order valence-corrected chi connectivity index (χ3v) is 5.11. The van der Waals surface area contributed by atoms with E-state index in [1.165, 1.54) is 21.9 Å². The van der Waals surface area contributed by atoms with Gasteiger partial charge in [-0.3, -0.25) is 4.99 Å². The molecule has 0 saturated carbocycles. The highest BCUT2D eigenvalue weighted by atomic mass is 32.2. The van der Waals surface area contributed by atoms with Crippen molar-refractivity contribution < 1.29 is 0 Å². The molecule has 2 unspecified atom stereocenters. The summed E-state index contributed by atoms with van der Waals surface area (Å²) in [6, 6.07) is 5.29. The molecule has 0 saturated heterocycles. The maximum Gasteiger partial charge on any atom is 0.157 e. The number of nitrogens with one attached hydrogen (secondary N) is 1. The van der Waals surface area contributed by atoms with Gasteiger partial charge in [-0.1, -0.05) is 18.7 Å². The second kappa shape index (κ2) is 5.91. The molecule has 1 aliphatic heterocycles. The van der Waals surface area contributed by atoms with Gasteiger partial charge in [0.25, 0.3) is 0 Å². The Balaban J connectivity index is 1.98. The summed E-state index contributed by atoms with van der Waals surface area (Å²) in [5.74, 6) is 1.19. The zero-order valence-corrected chi connectivity index (χ0v) is 12.3. The molecule has 0 aromatic carbocycles. The van der Waals surface area contributed by atoms with Crippen molar-refractivity contribution in [3.8, 4) is 0 Å². The fourth-order valence-corrected chi connectivity index (χ4v) is 3.82. The molecule has 0 fully saturated rings. The summed E-state index contributed by atoms with van der Waals surface area (Å²) in [5, 5.41) is 4.66. The smallest absolute Gasteiger partial charge is 0.157 e. The molecule has 94 valence electrons. The van der Waals surface area contributed by atoms with Crippen molar-refractivity contribution in [3.63, 3.8) is 0 Å². The molecule has 17 heavy (non-hydrogen) atoms. The largest absolute Gasteiger partial charge is 0.358 e. The fraction of sp³-hybridized carbons (Fsp3) is 0.615. The predicted octanol–water partition coefficient (Wildman–Crippen LogP) is 3.98. The van der Waals surface area contributed by atoms with E-state index >= 15 is 0 Å². The van der Waals surface area contributed by atoms with E-state index in [2.05, 4.69) is 38.2 Å². The maximum absolute atomic E-state index is 4.75. The van der Waals surface area contributed by atoms with E-state index in [1.54, 1.807) is 0 Å². The molecule has 0 radical (unpaired) electrons. The maximum atomic E-state index is 4.75. The highest BCUT2D eigenvalue weighted by Gasteiger charge is 2.16. The van der Waals surface area contributed by atoms with Crippen LogP contribution in [0, 0.1) is 6.92 Å². The molecule has 2 rings (SSSR count). The molecule has 1 aliphatic rings. The molecule has 4 heteroatoms. The minimum absolute atomic E-state index is 0.371. The number of nitrogens with zero attached hydrogens (tertiary/aromatic N) is 1. The van der Waals surface area contributed by atoms with Gasteiger partial charge >= 0.3 is 0 Å². The van der Waals surface area contributed by atoms with Crippen LogP contribution in [0.5, 0.6) is 0 Å². The molecule has 1 aromatic heterocycles. The number of hydrogen-bond acceptors (Lipinski definition) is 4. The van der Waals surface area contributed by atoms with E-state index in [-0.39, 0.29) is 0 Å². The van der Waals surface area contributed by atoms with Gasteiger partial charge in [0, 0.05) is 15.5 Å². The average molecular weight is 268 g/mol. The lowest BCUT2D eigenvalue weighted by molar-refractivity contribution is 0.623. The Morgan fingerprint density at radius 2 is 2.35 bits per heavy atom. The summed E-state index contributed by atoms with van der Waals surface area (Å²) in [7, 11) is 0. The van der Waals surface area contributed by atoms with Gasteiger partial charge in [0.1, 0.15) is 0 Å².